The predicted octanol–water partition coefficient (Wildman–Crippen LogP) is 2.30. The van der Waals surface area contributed by atoms with Crippen LogP contribution in [0.25, 0.3) is 0 Å². The van der Waals surface area contributed by atoms with Gasteiger partial charge in [0, 0.05) is 12.1 Å². The molecule has 3 nitrogen and oxygen atoms in total. The highest BCUT2D eigenvalue weighted by Gasteiger charge is 2.08. The van der Waals surface area contributed by atoms with Gasteiger partial charge >= 0.3 is 0 Å². The Bertz CT molecular complexity index is 372. The van der Waals surface area contributed by atoms with Gasteiger partial charge in [0.25, 0.3) is 0 Å². The Labute approximate surface area is 89.5 Å². The molecule has 1 aromatic carbocycles. The highest BCUT2D eigenvalue weighted by Crippen LogP contribution is 2.13. The molecule has 0 aromatic heterocycles. The first kappa shape index (κ1) is 11.4. The average molecular weight is 205 g/mol. The molecule has 0 fully saturated rings. The second-order valence-electron chi connectivity index (χ2n) is 3.43. The molecule has 0 atom stereocenters. The van der Waals surface area contributed by atoms with Gasteiger partial charge in [0.1, 0.15) is 5.78 Å². The van der Waals surface area contributed by atoms with Crippen molar-refractivity contribution in [2.75, 3.05) is 5.32 Å². The monoisotopic (exact) mass is 205 g/mol. The second-order valence-corrected chi connectivity index (χ2v) is 3.43. The number of hydrogen-bond acceptors (Lipinski definition) is 2. The van der Waals surface area contributed by atoms with Crippen molar-refractivity contribution in [2.45, 2.75) is 26.7 Å². The summed E-state index contributed by atoms with van der Waals surface area (Å²) in [5.74, 6) is -0.280. The fourth-order valence-electron chi connectivity index (χ4n) is 1.21. The van der Waals surface area contributed by atoms with Gasteiger partial charge in [-0.15, -0.1) is 0 Å². The fraction of sp³-hybridized carbons (Fsp3) is 0.333. The first-order chi connectivity index (χ1) is 7.13. The Balaban J connectivity index is 2.59. The molecule has 0 aliphatic carbocycles. The van der Waals surface area contributed by atoms with Gasteiger partial charge < -0.3 is 5.32 Å². The van der Waals surface area contributed by atoms with Gasteiger partial charge in [-0.2, -0.15) is 0 Å². The molecule has 3 heteroatoms. The van der Waals surface area contributed by atoms with Crippen LogP contribution in [0.15, 0.2) is 24.3 Å². The van der Waals surface area contributed by atoms with Crippen LogP contribution in [0.2, 0.25) is 0 Å². The van der Waals surface area contributed by atoms with Gasteiger partial charge in [-0.25, -0.2) is 0 Å². The SMILES string of the molecule is CCC(=O)CC(=O)Nc1ccccc1C. The van der Waals surface area contributed by atoms with Crippen molar-refractivity contribution >= 4 is 17.4 Å². The molecule has 15 heavy (non-hydrogen) atoms. The Morgan fingerprint density at radius 2 is 1.93 bits per heavy atom. The lowest BCUT2D eigenvalue weighted by atomic mass is 10.2. The van der Waals surface area contributed by atoms with Crippen LogP contribution in [0.4, 0.5) is 5.69 Å². The molecular weight excluding hydrogens is 190 g/mol. The number of para-hydroxylation sites is 1. The van der Waals surface area contributed by atoms with Crippen LogP contribution in [-0.4, -0.2) is 11.7 Å². The van der Waals surface area contributed by atoms with Crippen LogP contribution in [0, 0.1) is 6.92 Å². The number of nitrogens with one attached hydrogen (secondary N) is 1. The number of amides is 1. The summed E-state index contributed by atoms with van der Waals surface area (Å²) in [6.07, 6.45) is 0.367. The molecular formula is C12H15NO2. The number of carbonyl (C=O) groups is 2. The Morgan fingerprint density at radius 1 is 1.27 bits per heavy atom. The quantitative estimate of drug-likeness (QED) is 0.766. The molecule has 1 amide bonds. The largest absolute Gasteiger partial charge is 0.325 e. The first-order valence-corrected chi connectivity index (χ1v) is 5.00. The van der Waals surface area contributed by atoms with E-state index in [4.69, 9.17) is 0 Å². The van der Waals surface area contributed by atoms with Crippen molar-refractivity contribution in [2.24, 2.45) is 0 Å². The first-order valence-electron chi connectivity index (χ1n) is 5.00. The lowest BCUT2D eigenvalue weighted by molar-refractivity contribution is -0.125. The van der Waals surface area contributed by atoms with E-state index in [1.165, 1.54) is 0 Å². The van der Waals surface area contributed by atoms with Crippen LogP contribution in [0.5, 0.6) is 0 Å². The highest BCUT2D eigenvalue weighted by molar-refractivity contribution is 6.04. The number of Topliss-reactive ketones (excluding diaryl/α,β-unsaturated/α-hetero) is 1. The van der Waals surface area contributed by atoms with E-state index in [2.05, 4.69) is 5.32 Å². The Hall–Kier alpha value is -1.64. The van der Waals surface area contributed by atoms with Crippen LogP contribution in [-0.2, 0) is 9.59 Å². The number of hydrogen-bond donors (Lipinski definition) is 1. The van der Waals surface area contributed by atoms with Crippen LogP contribution >= 0.6 is 0 Å². The summed E-state index contributed by atoms with van der Waals surface area (Å²) in [5, 5.41) is 2.72. The van der Waals surface area contributed by atoms with Crippen molar-refractivity contribution in [1.82, 2.24) is 0 Å². The van der Waals surface area contributed by atoms with E-state index in [0.717, 1.165) is 11.3 Å². The molecule has 0 saturated carbocycles. The zero-order valence-electron chi connectivity index (χ0n) is 9.04. The van der Waals surface area contributed by atoms with Crippen molar-refractivity contribution in [1.29, 1.82) is 0 Å². The Morgan fingerprint density at radius 3 is 2.53 bits per heavy atom. The minimum absolute atomic E-state index is 0.0369. The Kier molecular flexibility index (Phi) is 4.03. The average Bonchev–Trinajstić information content (AvgIpc) is 2.21. The van der Waals surface area contributed by atoms with E-state index in [-0.39, 0.29) is 18.1 Å². The molecule has 0 unspecified atom stereocenters. The summed E-state index contributed by atoms with van der Waals surface area (Å²) in [5.41, 5.74) is 1.77. The summed E-state index contributed by atoms with van der Waals surface area (Å²) < 4.78 is 0. The zero-order valence-corrected chi connectivity index (χ0v) is 9.04. The van der Waals surface area contributed by atoms with Crippen LogP contribution < -0.4 is 5.32 Å². The number of rotatable bonds is 4. The lowest BCUT2D eigenvalue weighted by Gasteiger charge is -2.06. The third-order valence-electron chi connectivity index (χ3n) is 2.17. The smallest absolute Gasteiger partial charge is 0.231 e. The third kappa shape index (κ3) is 3.54. The highest BCUT2D eigenvalue weighted by atomic mass is 16.2. The summed E-state index contributed by atoms with van der Waals surface area (Å²) >= 11 is 0. The maximum Gasteiger partial charge on any atom is 0.231 e. The van der Waals surface area contributed by atoms with Crippen molar-refractivity contribution in [3.8, 4) is 0 Å². The molecule has 80 valence electrons. The fourth-order valence-corrected chi connectivity index (χ4v) is 1.21. The normalized spacial score (nSPS) is 9.73. The van der Waals surface area contributed by atoms with Gasteiger partial charge in [-0.05, 0) is 18.6 Å². The van der Waals surface area contributed by atoms with Gasteiger partial charge in [0.05, 0.1) is 6.42 Å². The van der Waals surface area contributed by atoms with Crippen molar-refractivity contribution in [3.63, 3.8) is 0 Å². The molecule has 0 saturated heterocycles. The lowest BCUT2D eigenvalue weighted by Crippen LogP contribution is -2.16. The maximum atomic E-state index is 11.4. The van der Waals surface area contributed by atoms with Gasteiger partial charge in [0.15, 0.2) is 0 Å². The second kappa shape index (κ2) is 5.29. The number of anilines is 1. The number of carbonyl (C=O) groups excluding carboxylic acids is 2. The topological polar surface area (TPSA) is 46.2 Å². The molecule has 0 spiro atoms. The standard InChI is InChI=1S/C12H15NO2/c1-3-10(14)8-12(15)13-11-7-5-4-6-9(11)2/h4-7H,3,8H2,1-2H3,(H,13,15). The summed E-state index contributed by atoms with van der Waals surface area (Å²) in [4.78, 5) is 22.4. The third-order valence-corrected chi connectivity index (χ3v) is 2.17. The summed E-state index contributed by atoms with van der Waals surface area (Å²) in [6, 6.07) is 7.49. The van der Waals surface area contributed by atoms with E-state index in [9.17, 15) is 9.59 Å². The van der Waals surface area contributed by atoms with E-state index < -0.39 is 0 Å². The molecule has 1 N–H and O–H groups in total. The van der Waals surface area contributed by atoms with Gasteiger partial charge in [-0.3, -0.25) is 9.59 Å². The minimum Gasteiger partial charge on any atom is -0.325 e. The van der Waals surface area contributed by atoms with Crippen molar-refractivity contribution in [3.05, 3.63) is 29.8 Å². The minimum atomic E-state index is -0.240. The molecule has 0 aliphatic heterocycles. The molecule has 0 aliphatic rings. The van der Waals surface area contributed by atoms with Gasteiger partial charge in [-0.1, -0.05) is 25.1 Å². The molecule has 0 heterocycles. The van der Waals surface area contributed by atoms with Crippen molar-refractivity contribution < 1.29 is 9.59 Å². The predicted molar refractivity (Wildman–Crippen MR) is 59.7 cm³/mol. The van der Waals surface area contributed by atoms with Crippen LogP contribution in [0.3, 0.4) is 0 Å². The molecule has 1 aromatic rings. The maximum absolute atomic E-state index is 11.4. The van der Waals surface area contributed by atoms with E-state index in [1.54, 1.807) is 6.92 Å². The van der Waals surface area contributed by atoms with Crippen LogP contribution in [0.1, 0.15) is 25.3 Å². The molecule has 0 bridgehead atoms. The van der Waals surface area contributed by atoms with E-state index in [1.807, 2.05) is 31.2 Å². The van der Waals surface area contributed by atoms with E-state index in [0.29, 0.717) is 6.42 Å². The molecule has 0 radical (unpaired) electrons. The number of benzene rings is 1. The summed E-state index contributed by atoms with van der Waals surface area (Å²) in [6.45, 7) is 3.67. The number of aryl methyl sites for hydroxylation is 1. The number of ketones is 1. The van der Waals surface area contributed by atoms with E-state index >= 15 is 0 Å². The summed E-state index contributed by atoms with van der Waals surface area (Å²) in [7, 11) is 0. The van der Waals surface area contributed by atoms with Gasteiger partial charge in [0.2, 0.25) is 5.91 Å². The zero-order chi connectivity index (χ0) is 11.3. The molecule has 1 rings (SSSR count).